The third kappa shape index (κ3) is 8.00. The van der Waals surface area contributed by atoms with Gasteiger partial charge >= 0.3 is 5.97 Å². The van der Waals surface area contributed by atoms with Crippen LogP contribution < -0.4 is 4.74 Å². The first-order valence-electron chi connectivity index (χ1n) is 14.9. The number of hydrogen-bond donors (Lipinski definition) is 1. The van der Waals surface area contributed by atoms with Crippen molar-refractivity contribution >= 4 is 15.8 Å². The molecule has 1 heterocycles. The Labute approximate surface area is 248 Å². The first kappa shape index (κ1) is 30.3. The number of carbonyl (C=O) groups is 1. The number of aryl methyl sites for hydroxylation is 2. The van der Waals surface area contributed by atoms with Crippen molar-refractivity contribution in [1.29, 1.82) is 0 Å². The molecule has 1 aliphatic carbocycles. The average Bonchev–Trinajstić information content (AvgIpc) is 3.16. The van der Waals surface area contributed by atoms with Crippen LogP contribution in [-0.2, 0) is 50.2 Å². The summed E-state index contributed by atoms with van der Waals surface area (Å²) < 4.78 is 41.1. The molecule has 42 heavy (non-hydrogen) atoms. The number of carboxylic acids is 1. The molecule has 5 rings (SSSR count). The van der Waals surface area contributed by atoms with Crippen LogP contribution in [-0.4, -0.2) is 50.3 Å². The van der Waals surface area contributed by atoms with Crippen molar-refractivity contribution in [1.82, 2.24) is 0 Å². The molecule has 0 unspecified atom stereocenters. The molecular formula is C34H40O7S. The number of carboxylic acid groups (broad SMARTS) is 1. The average molecular weight is 593 g/mol. The molecule has 1 N–H and O–H groups in total. The maximum absolute atomic E-state index is 11.7. The monoisotopic (exact) mass is 592 g/mol. The smallest absolute Gasteiger partial charge is 0.304 e. The fraction of sp³-hybridized carbons (Fsp3) is 0.441. The zero-order valence-corrected chi connectivity index (χ0v) is 25.0. The molecule has 0 aromatic heterocycles. The van der Waals surface area contributed by atoms with E-state index in [9.17, 15) is 18.3 Å². The highest BCUT2D eigenvalue weighted by Gasteiger charge is 2.24. The maximum atomic E-state index is 11.7. The molecule has 7 nitrogen and oxygen atoms in total. The van der Waals surface area contributed by atoms with Crippen LogP contribution in [0.2, 0.25) is 0 Å². The lowest BCUT2D eigenvalue weighted by atomic mass is 9.94. The van der Waals surface area contributed by atoms with E-state index in [0.29, 0.717) is 39.3 Å². The zero-order chi connectivity index (χ0) is 29.5. The zero-order valence-electron chi connectivity index (χ0n) is 24.2. The summed E-state index contributed by atoms with van der Waals surface area (Å²) >= 11 is 0. The van der Waals surface area contributed by atoms with Gasteiger partial charge in [-0.1, -0.05) is 42.5 Å². The summed E-state index contributed by atoms with van der Waals surface area (Å²) in [6.45, 7) is 3.76. The Morgan fingerprint density at radius 3 is 2.36 bits per heavy atom. The van der Waals surface area contributed by atoms with Crippen LogP contribution in [0.3, 0.4) is 0 Å². The van der Waals surface area contributed by atoms with Gasteiger partial charge in [-0.15, -0.1) is 0 Å². The summed E-state index contributed by atoms with van der Waals surface area (Å²) in [6, 6.07) is 20.8. The minimum absolute atomic E-state index is 0.00747. The Hall–Kier alpha value is -3.20. The molecule has 1 fully saturated rings. The van der Waals surface area contributed by atoms with Crippen LogP contribution in [0.25, 0.3) is 11.1 Å². The van der Waals surface area contributed by atoms with E-state index in [1.165, 1.54) is 22.3 Å². The van der Waals surface area contributed by atoms with E-state index in [4.69, 9.17) is 14.2 Å². The van der Waals surface area contributed by atoms with Gasteiger partial charge in [0.1, 0.15) is 12.4 Å². The number of ether oxygens (including phenoxy) is 3. The molecule has 2 aliphatic rings. The van der Waals surface area contributed by atoms with E-state index in [2.05, 4.69) is 36.4 Å². The number of rotatable bonds is 12. The molecule has 0 spiro atoms. The summed E-state index contributed by atoms with van der Waals surface area (Å²) in [7, 11) is -2.89. The van der Waals surface area contributed by atoms with Crippen molar-refractivity contribution in [2.75, 3.05) is 24.7 Å². The highest BCUT2D eigenvalue weighted by Crippen LogP contribution is 2.34. The third-order valence-electron chi connectivity index (χ3n) is 8.21. The van der Waals surface area contributed by atoms with E-state index >= 15 is 0 Å². The van der Waals surface area contributed by atoms with Gasteiger partial charge in [-0.25, -0.2) is 8.42 Å². The van der Waals surface area contributed by atoms with Gasteiger partial charge in [0.2, 0.25) is 0 Å². The van der Waals surface area contributed by atoms with Crippen LogP contribution in [0.4, 0.5) is 0 Å². The molecule has 1 atom stereocenters. The number of benzene rings is 3. The second kappa shape index (κ2) is 13.8. The van der Waals surface area contributed by atoms with Crippen LogP contribution >= 0.6 is 0 Å². The molecule has 8 heteroatoms. The van der Waals surface area contributed by atoms with Crippen LogP contribution in [0.15, 0.2) is 60.7 Å². The summed E-state index contributed by atoms with van der Waals surface area (Å²) in [5.74, 6) is 0.141. The van der Waals surface area contributed by atoms with Crippen molar-refractivity contribution in [3.8, 4) is 16.9 Å². The van der Waals surface area contributed by atoms with E-state index in [1.54, 1.807) is 0 Å². The normalized spacial score (nSPS) is 17.1. The van der Waals surface area contributed by atoms with Gasteiger partial charge in [0.05, 0.1) is 37.2 Å². The number of hydrogen-bond acceptors (Lipinski definition) is 6. The lowest BCUT2D eigenvalue weighted by Gasteiger charge is -2.22. The summed E-state index contributed by atoms with van der Waals surface area (Å²) in [5.41, 5.74) is 8.30. The van der Waals surface area contributed by atoms with Gasteiger partial charge in [-0.3, -0.25) is 4.79 Å². The van der Waals surface area contributed by atoms with Gasteiger partial charge in [-0.2, -0.15) is 0 Å². The standard InChI is InChI=1S/C34H40O7S/c1-2-39-23-29(20-34(35)36)26-9-11-30(12-10-26)40-22-25-6-8-27-4-3-5-28-18-24(7-13-32(28)33(27)19-25)21-41-31-14-16-42(37,38)17-15-31/h6-13,18-19,29,31H,2-5,14-17,20-23H2,1H3,(H,35,36)/t29-/m1/s1. The highest BCUT2D eigenvalue weighted by molar-refractivity contribution is 7.91. The maximum Gasteiger partial charge on any atom is 0.304 e. The molecule has 0 saturated carbocycles. The molecule has 0 bridgehead atoms. The Kier molecular flexibility index (Phi) is 9.98. The third-order valence-corrected chi connectivity index (χ3v) is 9.93. The fourth-order valence-electron chi connectivity index (χ4n) is 5.85. The van der Waals surface area contributed by atoms with Crippen molar-refractivity contribution < 1.29 is 32.5 Å². The van der Waals surface area contributed by atoms with Crippen LogP contribution in [0.5, 0.6) is 5.75 Å². The predicted molar refractivity (Wildman–Crippen MR) is 163 cm³/mol. The Balaban J connectivity index is 1.23. The first-order valence-corrected chi connectivity index (χ1v) is 16.7. The fourth-order valence-corrected chi connectivity index (χ4v) is 7.30. The highest BCUT2D eigenvalue weighted by atomic mass is 32.2. The molecule has 224 valence electrons. The molecule has 1 aliphatic heterocycles. The summed E-state index contributed by atoms with van der Waals surface area (Å²) in [5, 5.41) is 9.27. The van der Waals surface area contributed by atoms with Crippen LogP contribution in [0.1, 0.15) is 66.3 Å². The van der Waals surface area contributed by atoms with Gasteiger partial charge in [0, 0.05) is 12.5 Å². The van der Waals surface area contributed by atoms with E-state index in [0.717, 1.165) is 41.7 Å². The molecule has 0 amide bonds. The Morgan fingerprint density at radius 1 is 0.905 bits per heavy atom. The van der Waals surface area contributed by atoms with Crippen molar-refractivity contribution in [2.24, 2.45) is 0 Å². The van der Waals surface area contributed by atoms with Gasteiger partial charge < -0.3 is 19.3 Å². The predicted octanol–water partition coefficient (Wildman–Crippen LogP) is 6.11. The molecule has 3 aromatic carbocycles. The number of sulfone groups is 1. The molecule has 0 radical (unpaired) electrons. The molecule has 1 saturated heterocycles. The Bertz CT molecular complexity index is 1470. The first-order chi connectivity index (χ1) is 20.3. The summed E-state index contributed by atoms with van der Waals surface area (Å²) in [6.07, 6.45) is 4.30. The largest absolute Gasteiger partial charge is 0.489 e. The lowest BCUT2D eigenvalue weighted by molar-refractivity contribution is -0.137. The number of aliphatic carboxylic acids is 1. The second-order valence-corrected chi connectivity index (χ2v) is 13.6. The number of fused-ring (bicyclic) bond motifs is 3. The summed E-state index contributed by atoms with van der Waals surface area (Å²) in [4.78, 5) is 11.3. The van der Waals surface area contributed by atoms with Gasteiger partial charge in [0.15, 0.2) is 9.84 Å². The SMILES string of the molecule is CCOC[C@@H](CC(=O)O)c1ccc(OCc2ccc3c(c2)-c2ccc(COC4CCS(=O)(=O)CC4)cc2CCC3)cc1. The minimum Gasteiger partial charge on any atom is -0.489 e. The lowest BCUT2D eigenvalue weighted by Crippen LogP contribution is -2.28. The topological polar surface area (TPSA) is 99.1 Å². The molecular weight excluding hydrogens is 552 g/mol. The van der Waals surface area contributed by atoms with Crippen molar-refractivity contribution in [2.45, 2.75) is 70.7 Å². The van der Waals surface area contributed by atoms with Crippen LogP contribution in [0, 0.1) is 0 Å². The van der Waals surface area contributed by atoms with Gasteiger partial charge in [0.25, 0.3) is 0 Å². The quantitative estimate of drug-likeness (QED) is 0.271. The van der Waals surface area contributed by atoms with Gasteiger partial charge in [-0.05, 0) is 96.2 Å². The van der Waals surface area contributed by atoms with Crippen molar-refractivity contribution in [3.05, 3.63) is 88.5 Å². The van der Waals surface area contributed by atoms with E-state index in [-0.39, 0.29) is 29.9 Å². The second-order valence-electron chi connectivity index (χ2n) is 11.3. The molecule has 3 aromatic rings. The van der Waals surface area contributed by atoms with E-state index < -0.39 is 15.8 Å². The Morgan fingerprint density at radius 2 is 1.62 bits per heavy atom. The van der Waals surface area contributed by atoms with Crippen molar-refractivity contribution in [3.63, 3.8) is 0 Å². The minimum atomic E-state index is -2.89. The van der Waals surface area contributed by atoms with E-state index in [1.807, 2.05) is 31.2 Å².